The van der Waals surface area contributed by atoms with Crippen molar-refractivity contribution in [2.24, 2.45) is 0 Å². The van der Waals surface area contributed by atoms with E-state index in [-0.39, 0.29) is 5.97 Å². The van der Waals surface area contributed by atoms with Gasteiger partial charge in [-0.3, -0.25) is 0 Å². The number of hydrogen-bond donors (Lipinski definition) is 1. The molecule has 82 valence electrons. The van der Waals surface area contributed by atoms with E-state index in [0.29, 0.717) is 0 Å². The van der Waals surface area contributed by atoms with Gasteiger partial charge in [0, 0.05) is 22.7 Å². The van der Waals surface area contributed by atoms with Gasteiger partial charge < -0.3 is 9.72 Å². The predicted molar refractivity (Wildman–Crippen MR) is 64.1 cm³/mol. The molecule has 0 atom stereocenters. The molecule has 1 heterocycles. The highest BCUT2D eigenvalue weighted by Crippen LogP contribution is 2.20. The molecule has 0 aliphatic heterocycles. The maximum atomic E-state index is 11.0. The van der Waals surface area contributed by atoms with Crippen LogP contribution in [-0.4, -0.2) is 18.1 Å². The minimum absolute atomic E-state index is 0.343. The molecule has 0 saturated carbocycles. The zero-order chi connectivity index (χ0) is 11.5. The summed E-state index contributed by atoms with van der Waals surface area (Å²) < 4.78 is 4.56. The molecule has 1 N–H and O–H groups in total. The number of methoxy groups -OCH3 is 1. The van der Waals surface area contributed by atoms with E-state index < -0.39 is 0 Å². The Morgan fingerprint density at radius 3 is 3.00 bits per heavy atom. The van der Waals surface area contributed by atoms with Crippen LogP contribution in [0.25, 0.3) is 17.0 Å². The number of aryl methyl sites for hydroxylation is 1. The summed E-state index contributed by atoms with van der Waals surface area (Å²) in [4.78, 5) is 14.3. The maximum Gasteiger partial charge on any atom is 0.330 e. The number of fused-ring (bicyclic) bond motifs is 1. The Morgan fingerprint density at radius 2 is 2.25 bits per heavy atom. The fourth-order valence-electron chi connectivity index (χ4n) is 1.69. The molecule has 16 heavy (non-hydrogen) atoms. The lowest BCUT2D eigenvalue weighted by Crippen LogP contribution is -1.93. The van der Waals surface area contributed by atoms with E-state index in [1.54, 1.807) is 6.08 Å². The average Bonchev–Trinajstić information content (AvgIpc) is 2.66. The second-order valence-corrected chi connectivity index (χ2v) is 3.62. The molecule has 0 radical (unpaired) electrons. The van der Waals surface area contributed by atoms with E-state index in [1.807, 2.05) is 25.1 Å². The molecule has 3 heteroatoms. The standard InChI is InChI=1S/C13H13NO2/c1-9-8-11-10(6-7-13(15)16-2)4-3-5-12(11)14-9/h3-8,14H,1-2H3/b7-6+. The first kappa shape index (κ1) is 10.5. The zero-order valence-corrected chi connectivity index (χ0v) is 9.28. The monoisotopic (exact) mass is 215 g/mol. The van der Waals surface area contributed by atoms with E-state index >= 15 is 0 Å². The third kappa shape index (κ3) is 1.98. The SMILES string of the molecule is COC(=O)/C=C/c1cccc2[nH]c(C)cc12. The number of carbonyl (C=O) groups is 1. The lowest BCUT2D eigenvalue weighted by atomic mass is 10.1. The minimum Gasteiger partial charge on any atom is -0.466 e. The fourth-order valence-corrected chi connectivity index (χ4v) is 1.69. The second kappa shape index (κ2) is 4.23. The van der Waals surface area contributed by atoms with Gasteiger partial charge in [-0.2, -0.15) is 0 Å². The van der Waals surface area contributed by atoms with Gasteiger partial charge in [0.05, 0.1) is 7.11 Å². The molecular formula is C13H13NO2. The van der Waals surface area contributed by atoms with Gasteiger partial charge in [0.1, 0.15) is 0 Å². The van der Waals surface area contributed by atoms with Gasteiger partial charge in [0.2, 0.25) is 0 Å². The van der Waals surface area contributed by atoms with Gasteiger partial charge in [-0.05, 0) is 30.7 Å². The summed E-state index contributed by atoms with van der Waals surface area (Å²) in [6.07, 6.45) is 3.19. The number of aromatic amines is 1. The van der Waals surface area contributed by atoms with Crippen molar-refractivity contribution < 1.29 is 9.53 Å². The fraction of sp³-hybridized carbons (Fsp3) is 0.154. The molecule has 2 rings (SSSR count). The van der Waals surface area contributed by atoms with E-state index in [0.717, 1.165) is 22.2 Å². The number of esters is 1. The number of carbonyl (C=O) groups excluding carboxylic acids is 1. The van der Waals surface area contributed by atoms with Crippen LogP contribution in [0.3, 0.4) is 0 Å². The van der Waals surface area contributed by atoms with Crippen LogP contribution in [0, 0.1) is 6.92 Å². The molecule has 3 nitrogen and oxygen atoms in total. The lowest BCUT2D eigenvalue weighted by Gasteiger charge is -1.96. The van der Waals surface area contributed by atoms with Gasteiger partial charge in [-0.1, -0.05) is 12.1 Å². The molecule has 0 aliphatic rings. The molecule has 2 aromatic rings. The Kier molecular flexibility index (Phi) is 2.77. The smallest absolute Gasteiger partial charge is 0.330 e. The highest BCUT2D eigenvalue weighted by atomic mass is 16.5. The van der Waals surface area contributed by atoms with Crippen molar-refractivity contribution in [2.75, 3.05) is 7.11 Å². The van der Waals surface area contributed by atoms with Crippen molar-refractivity contribution in [3.63, 3.8) is 0 Å². The van der Waals surface area contributed by atoms with E-state index in [1.165, 1.54) is 13.2 Å². The van der Waals surface area contributed by atoms with E-state index in [2.05, 4.69) is 15.8 Å². The molecule has 1 aromatic carbocycles. The molecule has 0 amide bonds. The summed E-state index contributed by atoms with van der Waals surface area (Å²) in [6.45, 7) is 2.01. The van der Waals surface area contributed by atoms with Crippen LogP contribution in [0.1, 0.15) is 11.3 Å². The van der Waals surface area contributed by atoms with Gasteiger partial charge in [0.15, 0.2) is 0 Å². The van der Waals surface area contributed by atoms with Gasteiger partial charge in [0.25, 0.3) is 0 Å². The first-order chi connectivity index (χ1) is 7.70. The first-order valence-electron chi connectivity index (χ1n) is 5.05. The van der Waals surface area contributed by atoms with Crippen molar-refractivity contribution in [3.8, 4) is 0 Å². The van der Waals surface area contributed by atoms with Crippen molar-refractivity contribution in [2.45, 2.75) is 6.92 Å². The molecule has 0 bridgehead atoms. The Bertz CT molecular complexity index is 552. The van der Waals surface area contributed by atoms with Gasteiger partial charge in [-0.25, -0.2) is 4.79 Å². The molecule has 1 aromatic heterocycles. The molecular weight excluding hydrogens is 202 g/mol. The topological polar surface area (TPSA) is 42.1 Å². The molecule has 0 unspecified atom stereocenters. The molecule has 0 aliphatic carbocycles. The zero-order valence-electron chi connectivity index (χ0n) is 9.28. The van der Waals surface area contributed by atoms with Crippen LogP contribution >= 0.6 is 0 Å². The first-order valence-corrected chi connectivity index (χ1v) is 5.05. The van der Waals surface area contributed by atoms with Gasteiger partial charge in [-0.15, -0.1) is 0 Å². The highest BCUT2D eigenvalue weighted by Gasteiger charge is 2.01. The predicted octanol–water partition coefficient (Wildman–Crippen LogP) is 2.66. The Labute approximate surface area is 93.7 Å². The third-order valence-electron chi connectivity index (χ3n) is 2.43. The van der Waals surface area contributed by atoms with E-state index in [4.69, 9.17) is 0 Å². The van der Waals surface area contributed by atoms with Crippen molar-refractivity contribution in [1.82, 2.24) is 4.98 Å². The number of nitrogens with one attached hydrogen (secondary N) is 1. The second-order valence-electron chi connectivity index (χ2n) is 3.62. The van der Waals surface area contributed by atoms with Crippen LogP contribution in [0.2, 0.25) is 0 Å². The van der Waals surface area contributed by atoms with Crippen molar-refractivity contribution in [1.29, 1.82) is 0 Å². The number of rotatable bonds is 2. The van der Waals surface area contributed by atoms with Gasteiger partial charge >= 0.3 is 5.97 Å². The van der Waals surface area contributed by atoms with Crippen molar-refractivity contribution in [3.05, 3.63) is 41.6 Å². The van der Waals surface area contributed by atoms with Crippen LogP contribution < -0.4 is 0 Å². The maximum absolute atomic E-state index is 11.0. The van der Waals surface area contributed by atoms with Crippen LogP contribution in [0.4, 0.5) is 0 Å². The van der Waals surface area contributed by atoms with Crippen LogP contribution in [0.5, 0.6) is 0 Å². The lowest BCUT2D eigenvalue weighted by molar-refractivity contribution is -0.134. The van der Waals surface area contributed by atoms with Crippen LogP contribution in [0.15, 0.2) is 30.3 Å². The molecule has 0 spiro atoms. The average molecular weight is 215 g/mol. The normalized spacial score (nSPS) is 11.1. The Balaban J connectivity index is 2.44. The summed E-state index contributed by atoms with van der Waals surface area (Å²) in [6, 6.07) is 7.99. The van der Waals surface area contributed by atoms with Crippen molar-refractivity contribution >= 4 is 22.9 Å². The van der Waals surface area contributed by atoms with E-state index in [9.17, 15) is 4.79 Å². The highest BCUT2D eigenvalue weighted by molar-refractivity contribution is 5.94. The summed E-state index contributed by atoms with van der Waals surface area (Å²) >= 11 is 0. The number of H-pyrrole nitrogens is 1. The quantitative estimate of drug-likeness (QED) is 0.618. The summed E-state index contributed by atoms with van der Waals surface area (Å²) in [5, 5.41) is 1.11. The number of aromatic nitrogens is 1. The summed E-state index contributed by atoms with van der Waals surface area (Å²) in [5.41, 5.74) is 3.19. The summed E-state index contributed by atoms with van der Waals surface area (Å²) in [5.74, 6) is -0.343. The third-order valence-corrected chi connectivity index (χ3v) is 2.43. The minimum atomic E-state index is -0.343. The Morgan fingerprint density at radius 1 is 1.44 bits per heavy atom. The number of hydrogen-bond acceptors (Lipinski definition) is 2. The Hall–Kier alpha value is -2.03. The van der Waals surface area contributed by atoms with Crippen LogP contribution in [-0.2, 0) is 9.53 Å². The largest absolute Gasteiger partial charge is 0.466 e. The molecule has 0 fully saturated rings. The summed E-state index contributed by atoms with van der Waals surface area (Å²) in [7, 11) is 1.37. The number of ether oxygens (including phenoxy) is 1. The number of benzene rings is 1. The molecule has 0 saturated heterocycles.